The Morgan fingerprint density at radius 3 is 2.69 bits per heavy atom. The first-order valence-electron chi connectivity index (χ1n) is 9.62. The summed E-state index contributed by atoms with van der Waals surface area (Å²) < 4.78 is 23.8. The molecule has 156 valence electrons. The summed E-state index contributed by atoms with van der Waals surface area (Å²) in [7, 11) is 0. The number of aromatic nitrogens is 1. The molecule has 2 aromatic rings. The average Bonchev–Trinajstić information content (AvgIpc) is 3.11. The third-order valence-electron chi connectivity index (χ3n) is 4.62. The number of ether oxygens (including phenoxy) is 1. The maximum absolute atomic E-state index is 13.5. The van der Waals surface area contributed by atoms with Gasteiger partial charge in [-0.05, 0) is 25.5 Å². The minimum Gasteiger partial charge on any atom is -0.491 e. The normalized spacial score (nSPS) is 14.6. The van der Waals surface area contributed by atoms with Crippen molar-refractivity contribution in [3.63, 3.8) is 0 Å². The van der Waals surface area contributed by atoms with E-state index in [0.29, 0.717) is 50.6 Å². The first kappa shape index (κ1) is 20.8. The van der Waals surface area contributed by atoms with E-state index in [1.165, 1.54) is 6.07 Å². The number of rotatable bonds is 8. The third-order valence-corrected chi connectivity index (χ3v) is 4.62. The fourth-order valence-electron chi connectivity index (χ4n) is 3.09. The van der Waals surface area contributed by atoms with Crippen LogP contribution in [0.5, 0.6) is 5.75 Å². The standard InChI is InChI=1S/C20H25FN4O4/c1-15-13-18(23-29-15)22-19(26)14-24-8-10-25(11-9-24)20(27)7-4-12-28-17-6-3-2-5-16(17)21/h2-3,5-6,13H,4,7-12,14H2,1H3,(H,22,23,26). The molecule has 29 heavy (non-hydrogen) atoms. The number of amides is 2. The molecule has 1 aliphatic heterocycles. The zero-order chi connectivity index (χ0) is 20.6. The van der Waals surface area contributed by atoms with Gasteiger partial charge in [0, 0.05) is 38.7 Å². The van der Waals surface area contributed by atoms with Gasteiger partial charge >= 0.3 is 0 Å². The van der Waals surface area contributed by atoms with Crippen LogP contribution in [-0.2, 0) is 9.59 Å². The summed E-state index contributed by atoms with van der Waals surface area (Å²) in [6.45, 7) is 4.68. The van der Waals surface area contributed by atoms with Gasteiger partial charge in [0.25, 0.3) is 0 Å². The number of aryl methyl sites for hydroxylation is 1. The summed E-state index contributed by atoms with van der Waals surface area (Å²) in [5.74, 6) is 0.712. The minimum absolute atomic E-state index is 0.0457. The Hall–Kier alpha value is -2.94. The molecule has 1 fully saturated rings. The molecule has 8 nitrogen and oxygen atoms in total. The van der Waals surface area contributed by atoms with Crippen LogP contribution in [0.15, 0.2) is 34.9 Å². The van der Waals surface area contributed by atoms with Crippen molar-refractivity contribution < 1.29 is 23.2 Å². The van der Waals surface area contributed by atoms with E-state index in [0.717, 1.165) is 0 Å². The predicted octanol–water partition coefficient (Wildman–Crippen LogP) is 2.06. The maximum atomic E-state index is 13.5. The van der Waals surface area contributed by atoms with Crippen LogP contribution in [0, 0.1) is 12.7 Å². The van der Waals surface area contributed by atoms with E-state index >= 15 is 0 Å². The number of carbonyl (C=O) groups is 2. The summed E-state index contributed by atoms with van der Waals surface area (Å²) in [4.78, 5) is 28.2. The molecule has 1 aromatic heterocycles. The molecule has 0 saturated carbocycles. The Balaban J connectivity index is 1.31. The lowest BCUT2D eigenvalue weighted by atomic mass is 10.2. The smallest absolute Gasteiger partial charge is 0.239 e. The molecule has 2 amide bonds. The summed E-state index contributed by atoms with van der Waals surface area (Å²) in [6.07, 6.45) is 0.868. The van der Waals surface area contributed by atoms with E-state index in [1.807, 2.05) is 4.90 Å². The SMILES string of the molecule is Cc1cc(NC(=O)CN2CCN(C(=O)CCCOc3ccccc3F)CC2)no1. The Bertz CT molecular complexity index is 833. The van der Waals surface area contributed by atoms with Crippen LogP contribution in [0.2, 0.25) is 0 Å². The van der Waals surface area contributed by atoms with Gasteiger partial charge in [-0.25, -0.2) is 4.39 Å². The number of para-hydroxylation sites is 1. The molecule has 3 rings (SSSR count). The first-order valence-corrected chi connectivity index (χ1v) is 9.62. The fraction of sp³-hybridized carbons (Fsp3) is 0.450. The number of anilines is 1. The Labute approximate surface area is 168 Å². The van der Waals surface area contributed by atoms with Gasteiger partial charge in [0.15, 0.2) is 17.4 Å². The van der Waals surface area contributed by atoms with Crippen molar-refractivity contribution in [2.75, 3.05) is 44.6 Å². The number of halogens is 1. The second kappa shape index (κ2) is 10.0. The number of nitrogens with one attached hydrogen (secondary N) is 1. The van der Waals surface area contributed by atoms with Crippen LogP contribution >= 0.6 is 0 Å². The Kier molecular flexibility index (Phi) is 7.18. The summed E-state index contributed by atoms with van der Waals surface area (Å²) in [5.41, 5.74) is 0. The van der Waals surface area contributed by atoms with Crippen LogP contribution in [0.3, 0.4) is 0 Å². The number of hydrogen-bond donors (Lipinski definition) is 1. The molecule has 9 heteroatoms. The molecule has 1 aliphatic rings. The largest absolute Gasteiger partial charge is 0.491 e. The van der Waals surface area contributed by atoms with E-state index in [1.54, 1.807) is 36.1 Å². The number of piperazine rings is 1. The van der Waals surface area contributed by atoms with Gasteiger partial charge < -0.3 is 19.5 Å². The third kappa shape index (κ3) is 6.28. The topological polar surface area (TPSA) is 87.9 Å². The van der Waals surface area contributed by atoms with Gasteiger partial charge in [-0.3, -0.25) is 14.5 Å². The van der Waals surface area contributed by atoms with Gasteiger partial charge in [0.05, 0.1) is 13.2 Å². The minimum atomic E-state index is -0.405. The predicted molar refractivity (Wildman–Crippen MR) is 104 cm³/mol. The average molecular weight is 404 g/mol. The van der Waals surface area contributed by atoms with Crippen molar-refractivity contribution in [2.24, 2.45) is 0 Å². The quantitative estimate of drug-likeness (QED) is 0.678. The van der Waals surface area contributed by atoms with Crippen LogP contribution in [0.4, 0.5) is 10.2 Å². The molecule has 0 radical (unpaired) electrons. The summed E-state index contributed by atoms with van der Waals surface area (Å²) in [6, 6.07) is 7.87. The lowest BCUT2D eigenvalue weighted by molar-refractivity contribution is -0.133. The number of nitrogens with zero attached hydrogens (tertiary/aromatic N) is 3. The van der Waals surface area contributed by atoms with Crippen molar-refractivity contribution in [2.45, 2.75) is 19.8 Å². The van der Waals surface area contributed by atoms with Gasteiger partial charge in [-0.2, -0.15) is 0 Å². The molecule has 2 heterocycles. The zero-order valence-corrected chi connectivity index (χ0v) is 16.4. The number of hydrogen-bond acceptors (Lipinski definition) is 6. The van der Waals surface area contributed by atoms with Gasteiger partial charge in [-0.15, -0.1) is 0 Å². The monoisotopic (exact) mass is 404 g/mol. The molecule has 0 atom stereocenters. The van der Waals surface area contributed by atoms with Crippen molar-refractivity contribution in [1.29, 1.82) is 0 Å². The molecular formula is C20H25FN4O4. The van der Waals surface area contributed by atoms with E-state index in [9.17, 15) is 14.0 Å². The fourth-order valence-corrected chi connectivity index (χ4v) is 3.09. The van der Waals surface area contributed by atoms with Crippen molar-refractivity contribution in [1.82, 2.24) is 15.0 Å². The van der Waals surface area contributed by atoms with Gasteiger partial charge in [-0.1, -0.05) is 17.3 Å². The first-order chi connectivity index (χ1) is 14.0. The zero-order valence-electron chi connectivity index (χ0n) is 16.4. The highest BCUT2D eigenvalue weighted by Crippen LogP contribution is 2.16. The van der Waals surface area contributed by atoms with Crippen LogP contribution in [0.1, 0.15) is 18.6 Å². The Morgan fingerprint density at radius 2 is 2.00 bits per heavy atom. The van der Waals surface area contributed by atoms with Gasteiger partial charge in [0.2, 0.25) is 11.8 Å². The summed E-state index contributed by atoms with van der Waals surface area (Å²) in [5, 5.41) is 6.42. The van der Waals surface area contributed by atoms with E-state index in [2.05, 4.69) is 10.5 Å². The van der Waals surface area contributed by atoms with E-state index in [-0.39, 0.29) is 30.7 Å². The second-order valence-electron chi connectivity index (χ2n) is 6.91. The highest BCUT2D eigenvalue weighted by Gasteiger charge is 2.22. The number of carbonyl (C=O) groups excluding carboxylic acids is 2. The molecule has 1 N–H and O–H groups in total. The van der Waals surface area contributed by atoms with E-state index in [4.69, 9.17) is 9.26 Å². The molecule has 1 aromatic carbocycles. The molecule has 1 saturated heterocycles. The molecule has 0 bridgehead atoms. The van der Waals surface area contributed by atoms with E-state index < -0.39 is 5.82 Å². The van der Waals surface area contributed by atoms with Gasteiger partial charge in [0.1, 0.15) is 5.76 Å². The van der Waals surface area contributed by atoms with Crippen LogP contribution < -0.4 is 10.1 Å². The molecule has 0 aliphatic carbocycles. The van der Waals surface area contributed by atoms with Crippen LogP contribution in [0.25, 0.3) is 0 Å². The summed E-state index contributed by atoms with van der Waals surface area (Å²) >= 11 is 0. The number of benzene rings is 1. The molecule has 0 unspecified atom stereocenters. The van der Waals surface area contributed by atoms with Crippen molar-refractivity contribution in [3.8, 4) is 5.75 Å². The lowest BCUT2D eigenvalue weighted by Crippen LogP contribution is -2.50. The lowest BCUT2D eigenvalue weighted by Gasteiger charge is -2.34. The van der Waals surface area contributed by atoms with Crippen molar-refractivity contribution >= 4 is 17.6 Å². The Morgan fingerprint density at radius 1 is 1.24 bits per heavy atom. The maximum Gasteiger partial charge on any atom is 0.239 e. The molecular weight excluding hydrogens is 379 g/mol. The van der Waals surface area contributed by atoms with Crippen molar-refractivity contribution in [3.05, 3.63) is 41.9 Å². The van der Waals surface area contributed by atoms with Crippen LogP contribution in [-0.4, -0.2) is 66.1 Å². The molecule has 0 spiro atoms. The second-order valence-corrected chi connectivity index (χ2v) is 6.91. The highest BCUT2D eigenvalue weighted by atomic mass is 19.1. The highest BCUT2D eigenvalue weighted by molar-refractivity contribution is 5.91.